The van der Waals surface area contributed by atoms with Crippen molar-refractivity contribution in [3.8, 4) is 0 Å². The van der Waals surface area contributed by atoms with Gasteiger partial charge in [0.25, 0.3) is 0 Å². The number of rotatable bonds is 4. The van der Waals surface area contributed by atoms with Crippen molar-refractivity contribution in [3.05, 3.63) is 17.0 Å². The molecule has 0 saturated carbocycles. The van der Waals surface area contributed by atoms with Gasteiger partial charge in [-0.3, -0.25) is 4.68 Å². The van der Waals surface area contributed by atoms with Gasteiger partial charge >= 0.3 is 0 Å². The Bertz CT molecular complexity index is 279. The Morgan fingerprint density at radius 3 is 2.62 bits per heavy atom. The maximum atomic E-state index is 5.40. The van der Waals surface area contributed by atoms with Crippen LogP contribution in [0.5, 0.6) is 0 Å². The number of aryl methyl sites for hydroxylation is 2. The van der Waals surface area contributed by atoms with Gasteiger partial charge in [-0.1, -0.05) is 6.92 Å². The van der Waals surface area contributed by atoms with Gasteiger partial charge in [0.15, 0.2) is 0 Å². The van der Waals surface area contributed by atoms with Crippen LogP contribution in [0.25, 0.3) is 0 Å². The van der Waals surface area contributed by atoms with E-state index in [-0.39, 0.29) is 0 Å². The van der Waals surface area contributed by atoms with E-state index in [1.165, 1.54) is 11.3 Å². The van der Waals surface area contributed by atoms with E-state index in [0.717, 1.165) is 18.7 Å². The first kappa shape index (κ1) is 10.3. The second-order valence-electron chi connectivity index (χ2n) is 3.12. The van der Waals surface area contributed by atoms with Gasteiger partial charge in [0.1, 0.15) is 0 Å². The predicted molar refractivity (Wildman–Crippen MR) is 52.7 cm³/mol. The quantitative estimate of drug-likeness (QED) is 0.710. The highest BCUT2D eigenvalue weighted by atomic mass is 16.5. The van der Waals surface area contributed by atoms with Crippen molar-refractivity contribution in [2.45, 2.75) is 33.8 Å². The average molecular weight is 182 g/mol. The minimum absolute atomic E-state index is 0.678. The van der Waals surface area contributed by atoms with Crippen LogP contribution in [0.4, 0.5) is 0 Å². The maximum absolute atomic E-state index is 5.40. The molecule has 0 N–H and O–H groups in total. The molecule has 1 aromatic heterocycles. The van der Waals surface area contributed by atoms with E-state index in [1.54, 1.807) is 0 Å². The average Bonchev–Trinajstić information content (AvgIpc) is 2.37. The number of hydrogen-bond donors (Lipinski definition) is 0. The third-order valence-corrected chi connectivity index (χ3v) is 2.27. The lowest BCUT2D eigenvalue weighted by molar-refractivity contribution is 0.128. The van der Waals surface area contributed by atoms with Gasteiger partial charge in [0.2, 0.25) is 0 Å². The third-order valence-electron chi connectivity index (χ3n) is 2.27. The summed E-state index contributed by atoms with van der Waals surface area (Å²) in [6.45, 7) is 7.65. The van der Waals surface area contributed by atoms with Crippen LogP contribution in [-0.2, 0) is 24.8 Å². The molecule has 74 valence electrons. The highest BCUT2D eigenvalue weighted by Crippen LogP contribution is 2.14. The molecule has 0 aliphatic rings. The van der Waals surface area contributed by atoms with Crippen LogP contribution in [-0.4, -0.2) is 16.4 Å². The van der Waals surface area contributed by atoms with Gasteiger partial charge < -0.3 is 4.74 Å². The Morgan fingerprint density at radius 1 is 1.38 bits per heavy atom. The Hall–Kier alpha value is -0.830. The fourth-order valence-corrected chi connectivity index (χ4v) is 1.59. The SMILES string of the molecule is CCOCc1c(CC)c(C)nn1C. The number of ether oxygens (including phenoxy) is 1. The Morgan fingerprint density at radius 2 is 2.08 bits per heavy atom. The highest BCUT2D eigenvalue weighted by molar-refractivity contribution is 5.24. The molecule has 0 bridgehead atoms. The summed E-state index contributed by atoms with van der Waals surface area (Å²) < 4.78 is 7.32. The van der Waals surface area contributed by atoms with Crippen LogP contribution in [0, 0.1) is 6.92 Å². The summed E-state index contributed by atoms with van der Waals surface area (Å²) in [6.07, 6.45) is 1.03. The minimum atomic E-state index is 0.678. The molecule has 1 aromatic rings. The summed E-state index contributed by atoms with van der Waals surface area (Å²) in [5.74, 6) is 0. The second kappa shape index (κ2) is 4.42. The van der Waals surface area contributed by atoms with E-state index in [1.807, 2.05) is 25.6 Å². The van der Waals surface area contributed by atoms with Gasteiger partial charge in [-0.2, -0.15) is 5.10 Å². The van der Waals surface area contributed by atoms with Gasteiger partial charge in [0, 0.05) is 13.7 Å². The van der Waals surface area contributed by atoms with Crippen LogP contribution in [0.3, 0.4) is 0 Å². The van der Waals surface area contributed by atoms with Crippen molar-refractivity contribution < 1.29 is 4.74 Å². The summed E-state index contributed by atoms with van der Waals surface area (Å²) in [6, 6.07) is 0. The Labute approximate surface area is 79.7 Å². The molecule has 13 heavy (non-hydrogen) atoms. The lowest BCUT2D eigenvalue weighted by atomic mass is 10.1. The molecule has 1 heterocycles. The molecule has 0 aromatic carbocycles. The summed E-state index contributed by atoms with van der Waals surface area (Å²) in [7, 11) is 1.97. The predicted octanol–water partition coefficient (Wildman–Crippen LogP) is 1.83. The fourth-order valence-electron chi connectivity index (χ4n) is 1.59. The van der Waals surface area contributed by atoms with Gasteiger partial charge in [0.05, 0.1) is 18.0 Å². The lowest BCUT2D eigenvalue weighted by Gasteiger charge is -2.04. The molecule has 1 rings (SSSR count). The van der Waals surface area contributed by atoms with Crippen LogP contribution in [0.2, 0.25) is 0 Å². The summed E-state index contributed by atoms with van der Waals surface area (Å²) in [5, 5.41) is 4.37. The van der Waals surface area contributed by atoms with Crippen molar-refractivity contribution in [2.24, 2.45) is 7.05 Å². The molecule has 0 aliphatic carbocycles. The van der Waals surface area contributed by atoms with E-state index in [0.29, 0.717) is 6.61 Å². The monoisotopic (exact) mass is 182 g/mol. The first-order valence-electron chi connectivity index (χ1n) is 4.79. The number of aromatic nitrogens is 2. The molecule has 0 unspecified atom stereocenters. The molecule has 3 heteroatoms. The zero-order valence-electron chi connectivity index (χ0n) is 8.92. The van der Waals surface area contributed by atoms with Crippen molar-refractivity contribution >= 4 is 0 Å². The molecule has 0 amide bonds. The van der Waals surface area contributed by atoms with E-state index < -0.39 is 0 Å². The molecular weight excluding hydrogens is 164 g/mol. The second-order valence-corrected chi connectivity index (χ2v) is 3.12. The Kier molecular flexibility index (Phi) is 3.48. The fraction of sp³-hybridized carbons (Fsp3) is 0.700. The topological polar surface area (TPSA) is 27.1 Å². The van der Waals surface area contributed by atoms with Gasteiger partial charge in [-0.05, 0) is 25.8 Å². The van der Waals surface area contributed by atoms with Crippen LogP contribution >= 0.6 is 0 Å². The molecule has 0 fully saturated rings. The lowest BCUT2D eigenvalue weighted by Crippen LogP contribution is -2.03. The summed E-state index contributed by atoms with van der Waals surface area (Å²) in [5.41, 5.74) is 3.66. The smallest absolute Gasteiger partial charge is 0.0887 e. The van der Waals surface area contributed by atoms with E-state index >= 15 is 0 Å². The van der Waals surface area contributed by atoms with Crippen molar-refractivity contribution in [1.29, 1.82) is 0 Å². The zero-order chi connectivity index (χ0) is 9.84. The van der Waals surface area contributed by atoms with E-state index in [4.69, 9.17) is 4.74 Å². The minimum Gasteiger partial charge on any atom is -0.375 e. The van der Waals surface area contributed by atoms with Gasteiger partial charge in [-0.15, -0.1) is 0 Å². The van der Waals surface area contributed by atoms with Crippen LogP contribution < -0.4 is 0 Å². The molecule has 0 radical (unpaired) electrons. The van der Waals surface area contributed by atoms with Crippen LogP contribution in [0.15, 0.2) is 0 Å². The van der Waals surface area contributed by atoms with E-state index in [9.17, 15) is 0 Å². The number of hydrogen-bond acceptors (Lipinski definition) is 2. The van der Waals surface area contributed by atoms with Crippen LogP contribution in [0.1, 0.15) is 30.8 Å². The van der Waals surface area contributed by atoms with Gasteiger partial charge in [-0.25, -0.2) is 0 Å². The molecule has 0 saturated heterocycles. The highest BCUT2D eigenvalue weighted by Gasteiger charge is 2.10. The van der Waals surface area contributed by atoms with Crippen molar-refractivity contribution in [3.63, 3.8) is 0 Å². The standard InChI is InChI=1S/C10H18N2O/c1-5-9-8(3)11-12(4)10(9)7-13-6-2/h5-7H2,1-4H3. The van der Waals surface area contributed by atoms with Crippen molar-refractivity contribution in [1.82, 2.24) is 9.78 Å². The first-order chi connectivity index (χ1) is 6.20. The third kappa shape index (κ3) is 2.10. The Balaban J connectivity index is 2.89. The largest absolute Gasteiger partial charge is 0.375 e. The molecule has 0 atom stereocenters. The molecular formula is C10H18N2O. The van der Waals surface area contributed by atoms with Crippen molar-refractivity contribution in [2.75, 3.05) is 6.61 Å². The number of nitrogens with zero attached hydrogens (tertiary/aromatic N) is 2. The summed E-state index contributed by atoms with van der Waals surface area (Å²) >= 11 is 0. The summed E-state index contributed by atoms with van der Waals surface area (Å²) in [4.78, 5) is 0. The molecule has 0 aliphatic heterocycles. The molecule has 0 spiro atoms. The first-order valence-corrected chi connectivity index (χ1v) is 4.79. The molecule has 3 nitrogen and oxygen atoms in total. The van der Waals surface area contributed by atoms with E-state index in [2.05, 4.69) is 12.0 Å². The zero-order valence-corrected chi connectivity index (χ0v) is 8.92. The maximum Gasteiger partial charge on any atom is 0.0887 e. The normalized spacial score (nSPS) is 10.8.